The van der Waals surface area contributed by atoms with Crippen LogP contribution in [0.3, 0.4) is 0 Å². The van der Waals surface area contributed by atoms with Crippen LogP contribution in [0.5, 0.6) is 5.75 Å². The maximum atomic E-state index is 10.1. The zero-order chi connectivity index (χ0) is 16.1. The van der Waals surface area contributed by atoms with Gasteiger partial charge in [-0.25, -0.2) is 4.68 Å². The highest BCUT2D eigenvalue weighted by Crippen LogP contribution is 2.17. The highest BCUT2D eigenvalue weighted by molar-refractivity contribution is 5.36. The van der Waals surface area contributed by atoms with Crippen molar-refractivity contribution in [2.45, 2.75) is 25.9 Å². The van der Waals surface area contributed by atoms with Gasteiger partial charge in [-0.1, -0.05) is 6.92 Å². The van der Waals surface area contributed by atoms with E-state index in [0.717, 1.165) is 30.4 Å². The summed E-state index contributed by atoms with van der Waals surface area (Å²) in [5, 5.41) is 21.2. The molecule has 23 heavy (non-hydrogen) atoms. The molecule has 1 fully saturated rings. The lowest BCUT2D eigenvalue weighted by atomic mass is 9.99. The molecule has 0 radical (unpaired) electrons. The summed E-state index contributed by atoms with van der Waals surface area (Å²) >= 11 is 0. The molecule has 1 aliphatic heterocycles. The van der Waals surface area contributed by atoms with Crippen LogP contribution in [-0.4, -0.2) is 62.6 Å². The normalized spacial score (nSPS) is 18.0. The molecule has 7 nitrogen and oxygen atoms in total. The van der Waals surface area contributed by atoms with E-state index in [9.17, 15) is 5.11 Å². The van der Waals surface area contributed by atoms with Gasteiger partial charge in [0, 0.05) is 6.54 Å². The monoisotopic (exact) mass is 317 g/mol. The molecule has 0 saturated carbocycles. The summed E-state index contributed by atoms with van der Waals surface area (Å²) in [5.41, 5.74) is 0.866. The molecule has 2 heterocycles. The number of hydrogen-bond donors (Lipinski definition) is 1. The van der Waals surface area contributed by atoms with Crippen molar-refractivity contribution in [2.75, 3.05) is 26.2 Å². The van der Waals surface area contributed by atoms with E-state index >= 15 is 0 Å². The van der Waals surface area contributed by atoms with Gasteiger partial charge in [0.2, 0.25) is 0 Å². The second-order valence-corrected chi connectivity index (χ2v) is 6.20. The molecule has 7 heteroatoms. The lowest BCUT2D eigenvalue weighted by Crippen LogP contribution is -2.40. The van der Waals surface area contributed by atoms with Crippen molar-refractivity contribution in [2.24, 2.45) is 5.92 Å². The molecule has 2 aromatic rings. The van der Waals surface area contributed by atoms with E-state index < -0.39 is 6.10 Å². The third-order valence-corrected chi connectivity index (χ3v) is 4.24. The number of nitrogens with zero attached hydrogens (tertiary/aromatic N) is 5. The largest absolute Gasteiger partial charge is 0.491 e. The second kappa shape index (κ2) is 7.52. The van der Waals surface area contributed by atoms with Crippen molar-refractivity contribution in [3.05, 3.63) is 30.6 Å². The number of aliphatic hydroxyl groups is 1. The average Bonchev–Trinajstić information content (AvgIpc) is 3.10. The number of β-amino-alcohol motifs (C(OH)–C–C–N with tert-alkyl or cyclic N) is 1. The topological polar surface area (TPSA) is 76.3 Å². The van der Waals surface area contributed by atoms with Crippen LogP contribution in [0.15, 0.2) is 30.6 Å². The first-order valence-corrected chi connectivity index (χ1v) is 8.07. The van der Waals surface area contributed by atoms with Crippen LogP contribution in [0.25, 0.3) is 5.69 Å². The van der Waals surface area contributed by atoms with Crippen LogP contribution < -0.4 is 4.74 Å². The summed E-state index contributed by atoms with van der Waals surface area (Å²) in [5.74, 6) is 1.53. The summed E-state index contributed by atoms with van der Waals surface area (Å²) < 4.78 is 7.24. The van der Waals surface area contributed by atoms with Gasteiger partial charge in [0.25, 0.3) is 0 Å². The summed E-state index contributed by atoms with van der Waals surface area (Å²) in [4.78, 5) is 2.31. The van der Waals surface area contributed by atoms with Crippen LogP contribution in [0.1, 0.15) is 19.8 Å². The fourth-order valence-electron chi connectivity index (χ4n) is 2.76. The Bertz CT molecular complexity index is 579. The van der Waals surface area contributed by atoms with Gasteiger partial charge >= 0.3 is 0 Å². The zero-order valence-corrected chi connectivity index (χ0v) is 13.4. The number of hydrogen-bond acceptors (Lipinski definition) is 6. The zero-order valence-electron chi connectivity index (χ0n) is 13.4. The first-order chi connectivity index (χ1) is 11.2. The molecular weight excluding hydrogens is 294 g/mol. The van der Waals surface area contributed by atoms with Crippen molar-refractivity contribution >= 4 is 0 Å². The lowest BCUT2D eigenvalue weighted by Gasteiger charge is -2.31. The molecule has 1 atom stereocenters. The predicted molar refractivity (Wildman–Crippen MR) is 85.5 cm³/mol. The molecule has 1 aromatic heterocycles. The van der Waals surface area contributed by atoms with Crippen molar-refractivity contribution in [1.82, 2.24) is 25.1 Å². The molecule has 0 aliphatic carbocycles. The van der Waals surface area contributed by atoms with Crippen LogP contribution in [0.4, 0.5) is 0 Å². The molecule has 1 saturated heterocycles. The van der Waals surface area contributed by atoms with Crippen molar-refractivity contribution in [3.8, 4) is 11.4 Å². The number of piperidine rings is 1. The number of aliphatic hydroxyl groups excluding tert-OH is 1. The third kappa shape index (κ3) is 4.49. The van der Waals surface area contributed by atoms with E-state index in [4.69, 9.17) is 4.74 Å². The summed E-state index contributed by atoms with van der Waals surface area (Å²) in [6.45, 7) is 5.40. The molecular formula is C16H23N5O2. The fraction of sp³-hybridized carbons (Fsp3) is 0.562. The Morgan fingerprint density at radius 3 is 2.65 bits per heavy atom. The molecule has 3 rings (SSSR count). The SMILES string of the molecule is CC1CCN(CC(O)COc2ccc(-n3cnnn3)cc2)CC1. The summed E-state index contributed by atoms with van der Waals surface area (Å²) in [7, 11) is 0. The maximum absolute atomic E-state index is 10.1. The molecule has 1 N–H and O–H groups in total. The summed E-state index contributed by atoms with van der Waals surface area (Å²) in [6, 6.07) is 7.47. The number of ether oxygens (including phenoxy) is 1. The number of tetrazole rings is 1. The predicted octanol–water partition coefficient (Wildman–Crippen LogP) is 1.13. The van der Waals surface area contributed by atoms with Gasteiger partial charge in [-0.2, -0.15) is 0 Å². The van der Waals surface area contributed by atoms with Gasteiger partial charge in [-0.05, 0) is 66.5 Å². The molecule has 1 unspecified atom stereocenters. The Labute approximate surface area is 135 Å². The van der Waals surface area contributed by atoms with Crippen molar-refractivity contribution in [3.63, 3.8) is 0 Å². The molecule has 1 aromatic carbocycles. The van der Waals surface area contributed by atoms with E-state index in [0.29, 0.717) is 13.2 Å². The Balaban J connectivity index is 1.44. The van der Waals surface area contributed by atoms with E-state index in [-0.39, 0.29) is 0 Å². The van der Waals surface area contributed by atoms with E-state index in [1.807, 2.05) is 24.3 Å². The average molecular weight is 317 g/mol. The van der Waals surface area contributed by atoms with Crippen molar-refractivity contribution in [1.29, 1.82) is 0 Å². The molecule has 0 spiro atoms. The molecule has 124 valence electrons. The quantitative estimate of drug-likeness (QED) is 0.861. The van der Waals surface area contributed by atoms with Gasteiger partial charge in [-0.3, -0.25) is 0 Å². The van der Waals surface area contributed by atoms with Gasteiger partial charge < -0.3 is 14.7 Å². The Kier molecular flexibility index (Phi) is 5.19. The Morgan fingerprint density at radius 1 is 1.26 bits per heavy atom. The van der Waals surface area contributed by atoms with Gasteiger partial charge in [0.15, 0.2) is 0 Å². The molecule has 0 amide bonds. The van der Waals surface area contributed by atoms with Crippen LogP contribution in [-0.2, 0) is 0 Å². The number of aromatic nitrogens is 4. The molecule has 1 aliphatic rings. The summed E-state index contributed by atoms with van der Waals surface area (Å²) in [6.07, 6.45) is 3.50. The number of benzene rings is 1. The smallest absolute Gasteiger partial charge is 0.143 e. The first-order valence-electron chi connectivity index (χ1n) is 8.07. The number of likely N-dealkylation sites (tertiary alicyclic amines) is 1. The van der Waals surface area contributed by atoms with Crippen molar-refractivity contribution < 1.29 is 9.84 Å². The maximum Gasteiger partial charge on any atom is 0.143 e. The first kappa shape index (κ1) is 15.9. The van der Waals surface area contributed by atoms with E-state index in [1.54, 1.807) is 11.0 Å². The minimum absolute atomic E-state index is 0.302. The van der Waals surface area contributed by atoms with Crippen LogP contribution in [0.2, 0.25) is 0 Å². The highest BCUT2D eigenvalue weighted by Gasteiger charge is 2.18. The third-order valence-electron chi connectivity index (χ3n) is 4.24. The second-order valence-electron chi connectivity index (χ2n) is 6.20. The van der Waals surface area contributed by atoms with Gasteiger partial charge in [0.1, 0.15) is 24.8 Å². The van der Waals surface area contributed by atoms with Gasteiger partial charge in [-0.15, -0.1) is 5.10 Å². The lowest BCUT2D eigenvalue weighted by molar-refractivity contribution is 0.0563. The molecule has 0 bridgehead atoms. The number of rotatable bonds is 6. The van der Waals surface area contributed by atoms with E-state index in [1.165, 1.54) is 12.8 Å². The minimum Gasteiger partial charge on any atom is -0.491 e. The Hall–Kier alpha value is -1.99. The van der Waals surface area contributed by atoms with Gasteiger partial charge in [0.05, 0.1) is 5.69 Å². The fourth-order valence-corrected chi connectivity index (χ4v) is 2.76. The Morgan fingerprint density at radius 2 is 2.00 bits per heavy atom. The van der Waals surface area contributed by atoms with E-state index in [2.05, 4.69) is 27.3 Å². The van der Waals surface area contributed by atoms with Crippen LogP contribution >= 0.6 is 0 Å². The standard InChI is InChI=1S/C16H23N5O2/c1-13-6-8-20(9-7-13)10-15(22)11-23-16-4-2-14(3-5-16)21-12-17-18-19-21/h2-5,12-13,15,22H,6-11H2,1H3. The van der Waals surface area contributed by atoms with Crippen LogP contribution in [0, 0.1) is 5.92 Å². The highest BCUT2D eigenvalue weighted by atomic mass is 16.5. The minimum atomic E-state index is -0.470.